The standard InChI is InChI=1S/C12H22O2/c1-8(2)14-12(13)11-6-5-9(3)10(4)7-11/h8-11H,5-7H2,1-4H3/t9?,10?,11-/m0/s1. The van der Waals surface area contributed by atoms with E-state index in [0.29, 0.717) is 5.92 Å². The molecule has 2 heteroatoms. The Morgan fingerprint density at radius 3 is 2.36 bits per heavy atom. The second-order valence-electron chi connectivity index (χ2n) is 4.95. The van der Waals surface area contributed by atoms with E-state index < -0.39 is 0 Å². The highest BCUT2D eigenvalue weighted by molar-refractivity contribution is 5.72. The minimum Gasteiger partial charge on any atom is -0.463 e. The molecule has 0 heterocycles. The highest BCUT2D eigenvalue weighted by Crippen LogP contribution is 2.33. The lowest BCUT2D eigenvalue weighted by Gasteiger charge is -2.31. The lowest BCUT2D eigenvalue weighted by atomic mass is 9.76. The molecule has 0 spiro atoms. The van der Waals surface area contributed by atoms with Crippen LogP contribution in [0.15, 0.2) is 0 Å². The van der Waals surface area contributed by atoms with E-state index in [4.69, 9.17) is 4.74 Å². The first-order chi connectivity index (χ1) is 6.50. The van der Waals surface area contributed by atoms with Gasteiger partial charge in [0.1, 0.15) is 0 Å². The Morgan fingerprint density at radius 2 is 1.86 bits per heavy atom. The van der Waals surface area contributed by atoms with E-state index in [0.717, 1.165) is 18.8 Å². The first-order valence-electron chi connectivity index (χ1n) is 5.71. The highest BCUT2D eigenvalue weighted by atomic mass is 16.5. The first kappa shape index (κ1) is 11.5. The summed E-state index contributed by atoms with van der Waals surface area (Å²) in [5.74, 6) is 1.59. The third kappa shape index (κ3) is 3.00. The summed E-state index contributed by atoms with van der Waals surface area (Å²) in [7, 11) is 0. The second-order valence-corrected chi connectivity index (χ2v) is 4.95. The summed E-state index contributed by atoms with van der Waals surface area (Å²) < 4.78 is 5.23. The van der Waals surface area contributed by atoms with Crippen molar-refractivity contribution in [2.75, 3.05) is 0 Å². The van der Waals surface area contributed by atoms with Gasteiger partial charge in [-0.25, -0.2) is 0 Å². The molecule has 0 radical (unpaired) electrons. The number of esters is 1. The van der Waals surface area contributed by atoms with E-state index in [1.165, 1.54) is 6.42 Å². The van der Waals surface area contributed by atoms with Gasteiger partial charge in [0.05, 0.1) is 12.0 Å². The van der Waals surface area contributed by atoms with Crippen LogP contribution in [-0.2, 0) is 9.53 Å². The van der Waals surface area contributed by atoms with Crippen molar-refractivity contribution in [1.29, 1.82) is 0 Å². The zero-order chi connectivity index (χ0) is 10.7. The summed E-state index contributed by atoms with van der Waals surface area (Å²) in [6.07, 6.45) is 3.21. The normalized spacial score (nSPS) is 33.1. The molecule has 1 aliphatic rings. The fraction of sp³-hybridized carbons (Fsp3) is 0.917. The van der Waals surface area contributed by atoms with E-state index in [1.807, 2.05) is 13.8 Å². The molecule has 2 unspecified atom stereocenters. The van der Waals surface area contributed by atoms with Gasteiger partial charge in [0, 0.05) is 0 Å². The van der Waals surface area contributed by atoms with Crippen molar-refractivity contribution in [1.82, 2.24) is 0 Å². The van der Waals surface area contributed by atoms with E-state index >= 15 is 0 Å². The maximum Gasteiger partial charge on any atom is 0.309 e. The average molecular weight is 198 g/mol. The van der Waals surface area contributed by atoms with Gasteiger partial charge >= 0.3 is 5.97 Å². The molecule has 0 amide bonds. The van der Waals surface area contributed by atoms with Gasteiger partial charge in [-0.3, -0.25) is 4.79 Å². The molecule has 0 bridgehead atoms. The van der Waals surface area contributed by atoms with Crippen molar-refractivity contribution >= 4 is 5.97 Å². The lowest BCUT2D eigenvalue weighted by molar-refractivity contribution is -0.154. The molecule has 1 fully saturated rings. The summed E-state index contributed by atoms with van der Waals surface area (Å²) in [6, 6.07) is 0. The third-order valence-electron chi connectivity index (χ3n) is 3.28. The quantitative estimate of drug-likeness (QED) is 0.637. The van der Waals surface area contributed by atoms with Crippen LogP contribution < -0.4 is 0 Å². The Labute approximate surface area is 87.0 Å². The number of hydrogen-bond donors (Lipinski definition) is 0. The van der Waals surface area contributed by atoms with Crippen molar-refractivity contribution < 1.29 is 9.53 Å². The Kier molecular flexibility index (Phi) is 3.97. The molecule has 14 heavy (non-hydrogen) atoms. The summed E-state index contributed by atoms with van der Waals surface area (Å²) >= 11 is 0. The summed E-state index contributed by atoms with van der Waals surface area (Å²) in [4.78, 5) is 11.6. The number of rotatable bonds is 2. The zero-order valence-electron chi connectivity index (χ0n) is 9.75. The minimum absolute atomic E-state index is 0.0127. The topological polar surface area (TPSA) is 26.3 Å². The molecule has 0 saturated heterocycles. The van der Waals surface area contributed by atoms with Crippen LogP contribution in [0.25, 0.3) is 0 Å². The van der Waals surface area contributed by atoms with Gasteiger partial charge in [0.25, 0.3) is 0 Å². The first-order valence-corrected chi connectivity index (χ1v) is 5.71. The largest absolute Gasteiger partial charge is 0.463 e. The smallest absolute Gasteiger partial charge is 0.309 e. The second kappa shape index (κ2) is 4.81. The molecule has 1 aliphatic carbocycles. The molecule has 0 aliphatic heterocycles. The van der Waals surface area contributed by atoms with Crippen molar-refractivity contribution in [3.63, 3.8) is 0 Å². The maximum absolute atomic E-state index is 11.6. The van der Waals surface area contributed by atoms with Crippen LogP contribution in [0.4, 0.5) is 0 Å². The van der Waals surface area contributed by atoms with Crippen molar-refractivity contribution in [3.05, 3.63) is 0 Å². The fourth-order valence-corrected chi connectivity index (χ4v) is 2.09. The molecule has 0 N–H and O–H groups in total. The summed E-state index contributed by atoms with van der Waals surface area (Å²) in [5, 5.41) is 0. The number of carbonyl (C=O) groups excluding carboxylic acids is 1. The van der Waals surface area contributed by atoms with Gasteiger partial charge in [-0.15, -0.1) is 0 Å². The Morgan fingerprint density at radius 1 is 1.21 bits per heavy atom. The Balaban J connectivity index is 2.42. The third-order valence-corrected chi connectivity index (χ3v) is 3.28. The molecule has 2 nitrogen and oxygen atoms in total. The molecule has 1 saturated carbocycles. The number of ether oxygens (including phenoxy) is 1. The number of carbonyl (C=O) groups is 1. The van der Waals surface area contributed by atoms with Gasteiger partial charge in [-0.1, -0.05) is 13.8 Å². The summed E-state index contributed by atoms with van der Waals surface area (Å²) in [6.45, 7) is 8.33. The monoisotopic (exact) mass is 198 g/mol. The van der Waals surface area contributed by atoms with E-state index in [-0.39, 0.29) is 18.0 Å². The highest BCUT2D eigenvalue weighted by Gasteiger charge is 2.30. The van der Waals surface area contributed by atoms with Gasteiger partial charge in [0.15, 0.2) is 0 Å². The van der Waals surface area contributed by atoms with Crippen LogP contribution in [0.2, 0.25) is 0 Å². The minimum atomic E-state index is 0.0127. The van der Waals surface area contributed by atoms with Crippen LogP contribution in [0.1, 0.15) is 47.0 Å². The van der Waals surface area contributed by atoms with Gasteiger partial charge in [0.2, 0.25) is 0 Å². The molecule has 1 rings (SSSR count). The lowest BCUT2D eigenvalue weighted by Crippen LogP contribution is -2.29. The van der Waals surface area contributed by atoms with Gasteiger partial charge in [-0.2, -0.15) is 0 Å². The number of hydrogen-bond acceptors (Lipinski definition) is 2. The molecular weight excluding hydrogens is 176 g/mol. The molecule has 0 aromatic carbocycles. The molecule has 3 atom stereocenters. The van der Waals surface area contributed by atoms with Crippen LogP contribution in [0, 0.1) is 17.8 Å². The molecule has 0 aromatic rings. The molecule has 0 aromatic heterocycles. The molecular formula is C12H22O2. The zero-order valence-corrected chi connectivity index (χ0v) is 9.75. The SMILES string of the molecule is CC(C)OC(=O)[C@H]1CCC(C)C(C)C1. The van der Waals surface area contributed by atoms with Crippen molar-refractivity contribution in [3.8, 4) is 0 Å². The fourth-order valence-electron chi connectivity index (χ4n) is 2.09. The Hall–Kier alpha value is -0.530. The predicted molar refractivity (Wildman–Crippen MR) is 56.9 cm³/mol. The maximum atomic E-state index is 11.6. The van der Waals surface area contributed by atoms with E-state index in [9.17, 15) is 4.79 Å². The van der Waals surface area contributed by atoms with Gasteiger partial charge in [-0.05, 0) is 44.9 Å². The predicted octanol–water partition coefficient (Wildman–Crippen LogP) is 3.01. The van der Waals surface area contributed by atoms with Crippen LogP contribution >= 0.6 is 0 Å². The summed E-state index contributed by atoms with van der Waals surface area (Å²) in [5.41, 5.74) is 0. The Bertz CT molecular complexity index is 198. The van der Waals surface area contributed by atoms with Crippen LogP contribution in [-0.4, -0.2) is 12.1 Å². The van der Waals surface area contributed by atoms with E-state index in [2.05, 4.69) is 13.8 Å². The molecule has 82 valence electrons. The van der Waals surface area contributed by atoms with E-state index in [1.54, 1.807) is 0 Å². The van der Waals surface area contributed by atoms with Crippen molar-refractivity contribution in [2.45, 2.75) is 53.1 Å². The van der Waals surface area contributed by atoms with Crippen LogP contribution in [0.3, 0.4) is 0 Å². The van der Waals surface area contributed by atoms with Crippen LogP contribution in [0.5, 0.6) is 0 Å². The average Bonchev–Trinajstić information content (AvgIpc) is 2.08. The van der Waals surface area contributed by atoms with Crippen molar-refractivity contribution in [2.24, 2.45) is 17.8 Å². The van der Waals surface area contributed by atoms with Gasteiger partial charge < -0.3 is 4.74 Å².